The van der Waals surface area contributed by atoms with E-state index in [1.165, 1.54) is 6.21 Å². The smallest absolute Gasteiger partial charge is 0.306 e. The molecule has 0 aromatic carbocycles. The molecule has 1 rings (SSSR count). The number of rotatable bonds is 2. The van der Waals surface area contributed by atoms with E-state index in [-0.39, 0.29) is 5.92 Å². The van der Waals surface area contributed by atoms with Gasteiger partial charge in [-0.1, -0.05) is 0 Å². The van der Waals surface area contributed by atoms with E-state index in [0.29, 0.717) is 5.92 Å². The summed E-state index contributed by atoms with van der Waals surface area (Å²) in [6.45, 7) is 0. The van der Waals surface area contributed by atoms with Crippen LogP contribution >= 0.6 is 0 Å². The predicted octanol–water partition coefficient (Wildman–Crippen LogP) is 1.53. The SMILES string of the molecule is N=C[C@H]1CC[C@H](C(=O)O)CC1. The van der Waals surface area contributed by atoms with Crippen LogP contribution in [0.15, 0.2) is 0 Å². The molecule has 3 heteroatoms. The Kier molecular flexibility index (Phi) is 2.63. The predicted molar refractivity (Wildman–Crippen MR) is 41.9 cm³/mol. The third-order valence-electron chi connectivity index (χ3n) is 2.36. The highest BCUT2D eigenvalue weighted by Gasteiger charge is 2.24. The number of hydrogen-bond donors (Lipinski definition) is 2. The molecule has 1 fully saturated rings. The molecule has 0 unspecified atom stereocenters. The van der Waals surface area contributed by atoms with E-state index < -0.39 is 5.97 Å². The zero-order valence-corrected chi connectivity index (χ0v) is 6.42. The fraction of sp³-hybridized carbons (Fsp3) is 0.750. The minimum Gasteiger partial charge on any atom is -0.481 e. The van der Waals surface area contributed by atoms with Crippen molar-refractivity contribution in [3.05, 3.63) is 0 Å². The average molecular weight is 155 g/mol. The second-order valence-corrected chi connectivity index (χ2v) is 3.12. The second kappa shape index (κ2) is 3.51. The van der Waals surface area contributed by atoms with Gasteiger partial charge in [-0.2, -0.15) is 0 Å². The van der Waals surface area contributed by atoms with E-state index in [9.17, 15) is 4.79 Å². The Morgan fingerprint density at radius 2 is 1.91 bits per heavy atom. The molecule has 0 heterocycles. The maximum Gasteiger partial charge on any atom is 0.306 e. The standard InChI is InChI=1S/C8H13NO2/c9-5-6-1-3-7(4-2-6)8(10)11/h5-7,9H,1-4H2,(H,10,11)/t6-,7-. The van der Waals surface area contributed by atoms with E-state index in [0.717, 1.165) is 25.7 Å². The first-order chi connectivity index (χ1) is 5.24. The minimum atomic E-state index is -0.673. The van der Waals surface area contributed by atoms with Crippen LogP contribution in [0.1, 0.15) is 25.7 Å². The van der Waals surface area contributed by atoms with E-state index in [2.05, 4.69) is 0 Å². The monoisotopic (exact) mass is 155 g/mol. The van der Waals surface area contributed by atoms with Crippen LogP contribution in [-0.4, -0.2) is 17.3 Å². The molecule has 0 amide bonds. The number of aliphatic carboxylic acids is 1. The van der Waals surface area contributed by atoms with Crippen molar-refractivity contribution in [2.75, 3.05) is 0 Å². The number of carboxylic acid groups (broad SMARTS) is 1. The van der Waals surface area contributed by atoms with Crippen molar-refractivity contribution in [3.63, 3.8) is 0 Å². The quantitative estimate of drug-likeness (QED) is 0.594. The van der Waals surface area contributed by atoms with E-state index in [4.69, 9.17) is 10.5 Å². The topological polar surface area (TPSA) is 61.2 Å². The lowest BCUT2D eigenvalue weighted by molar-refractivity contribution is -0.142. The van der Waals surface area contributed by atoms with Gasteiger partial charge in [0.2, 0.25) is 0 Å². The van der Waals surface area contributed by atoms with Crippen LogP contribution in [0.3, 0.4) is 0 Å². The highest BCUT2D eigenvalue weighted by molar-refractivity contribution is 5.70. The van der Waals surface area contributed by atoms with Gasteiger partial charge in [-0.3, -0.25) is 4.79 Å². The molecule has 0 aromatic heterocycles. The van der Waals surface area contributed by atoms with Gasteiger partial charge in [-0.15, -0.1) is 0 Å². The van der Waals surface area contributed by atoms with Gasteiger partial charge in [0.25, 0.3) is 0 Å². The molecule has 3 nitrogen and oxygen atoms in total. The number of carboxylic acids is 1. The van der Waals surface area contributed by atoms with Crippen molar-refractivity contribution in [2.45, 2.75) is 25.7 Å². The molecule has 0 atom stereocenters. The summed E-state index contributed by atoms with van der Waals surface area (Å²) in [5.41, 5.74) is 0. The van der Waals surface area contributed by atoms with Crippen molar-refractivity contribution < 1.29 is 9.90 Å². The summed E-state index contributed by atoms with van der Waals surface area (Å²) in [6.07, 6.45) is 4.68. The van der Waals surface area contributed by atoms with Gasteiger partial charge in [0.05, 0.1) is 5.92 Å². The molecule has 1 aliphatic carbocycles. The Labute approximate surface area is 65.9 Å². The molecule has 0 aromatic rings. The molecular weight excluding hydrogens is 142 g/mol. The summed E-state index contributed by atoms with van der Waals surface area (Å²) in [6, 6.07) is 0. The van der Waals surface area contributed by atoms with Gasteiger partial charge < -0.3 is 10.5 Å². The highest BCUT2D eigenvalue weighted by Crippen LogP contribution is 2.27. The zero-order chi connectivity index (χ0) is 8.27. The number of hydrogen-bond acceptors (Lipinski definition) is 2. The lowest BCUT2D eigenvalue weighted by Crippen LogP contribution is -2.21. The van der Waals surface area contributed by atoms with Crippen LogP contribution < -0.4 is 0 Å². The molecular formula is C8H13NO2. The molecule has 11 heavy (non-hydrogen) atoms. The molecule has 0 bridgehead atoms. The first-order valence-electron chi connectivity index (χ1n) is 3.97. The first kappa shape index (κ1) is 8.24. The fourth-order valence-corrected chi connectivity index (χ4v) is 1.53. The molecule has 1 saturated carbocycles. The number of nitrogens with one attached hydrogen (secondary N) is 1. The van der Waals surface area contributed by atoms with Crippen LogP contribution in [0.4, 0.5) is 0 Å². The highest BCUT2D eigenvalue weighted by atomic mass is 16.4. The Morgan fingerprint density at radius 1 is 1.36 bits per heavy atom. The second-order valence-electron chi connectivity index (χ2n) is 3.12. The summed E-state index contributed by atoms with van der Waals surface area (Å²) < 4.78 is 0. The minimum absolute atomic E-state index is 0.147. The van der Waals surface area contributed by atoms with Gasteiger partial charge >= 0.3 is 5.97 Å². The van der Waals surface area contributed by atoms with Crippen molar-refractivity contribution in [2.24, 2.45) is 11.8 Å². The summed E-state index contributed by atoms with van der Waals surface area (Å²) in [7, 11) is 0. The van der Waals surface area contributed by atoms with Crippen LogP contribution in [0.5, 0.6) is 0 Å². The lowest BCUT2D eigenvalue weighted by atomic mass is 9.83. The van der Waals surface area contributed by atoms with Crippen molar-refractivity contribution >= 4 is 12.2 Å². The van der Waals surface area contributed by atoms with Crippen molar-refractivity contribution in [1.29, 1.82) is 5.41 Å². The average Bonchev–Trinajstić information content (AvgIpc) is 2.05. The molecule has 0 radical (unpaired) electrons. The summed E-state index contributed by atoms with van der Waals surface area (Å²) in [5.74, 6) is -0.481. The van der Waals surface area contributed by atoms with Crippen molar-refractivity contribution in [3.8, 4) is 0 Å². The van der Waals surface area contributed by atoms with Crippen LogP contribution in [0, 0.1) is 17.2 Å². The Morgan fingerprint density at radius 3 is 2.27 bits per heavy atom. The third-order valence-corrected chi connectivity index (χ3v) is 2.36. The lowest BCUT2D eigenvalue weighted by Gasteiger charge is -2.22. The number of carbonyl (C=O) groups is 1. The van der Waals surface area contributed by atoms with Crippen LogP contribution in [-0.2, 0) is 4.79 Å². The molecule has 0 aliphatic heterocycles. The summed E-state index contributed by atoms with van der Waals surface area (Å²) in [5, 5.41) is 15.6. The van der Waals surface area contributed by atoms with Gasteiger partial charge in [-0.05, 0) is 37.8 Å². The molecule has 62 valence electrons. The van der Waals surface area contributed by atoms with Gasteiger partial charge in [0.15, 0.2) is 0 Å². The zero-order valence-electron chi connectivity index (χ0n) is 6.42. The summed E-state index contributed by atoms with van der Waals surface area (Å²) >= 11 is 0. The van der Waals surface area contributed by atoms with Crippen LogP contribution in [0.25, 0.3) is 0 Å². The molecule has 0 spiro atoms. The third kappa shape index (κ3) is 2.03. The Hall–Kier alpha value is -0.860. The van der Waals surface area contributed by atoms with Gasteiger partial charge in [-0.25, -0.2) is 0 Å². The molecule has 1 aliphatic rings. The van der Waals surface area contributed by atoms with Crippen molar-refractivity contribution in [1.82, 2.24) is 0 Å². The summed E-state index contributed by atoms with van der Waals surface area (Å²) in [4.78, 5) is 10.5. The van der Waals surface area contributed by atoms with Gasteiger partial charge in [0.1, 0.15) is 0 Å². The molecule has 0 saturated heterocycles. The van der Waals surface area contributed by atoms with Crippen LogP contribution in [0.2, 0.25) is 0 Å². The Balaban J connectivity index is 2.35. The molecule has 2 N–H and O–H groups in total. The normalized spacial score (nSPS) is 31.3. The first-order valence-corrected chi connectivity index (χ1v) is 3.97. The van der Waals surface area contributed by atoms with E-state index >= 15 is 0 Å². The Bertz CT molecular complexity index is 159. The largest absolute Gasteiger partial charge is 0.481 e. The maximum atomic E-state index is 10.5. The fourth-order valence-electron chi connectivity index (χ4n) is 1.53. The van der Waals surface area contributed by atoms with Gasteiger partial charge in [0, 0.05) is 0 Å². The van der Waals surface area contributed by atoms with E-state index in [1.54, 1.807) is 0 Å². The van der Waals surface area contributed by atoms with E-state index in [1.807, 2.05) is 0 Å². The maximum absolute atomic E-state index is 10.5.